The summed E-state index contributed by atoms with van der Waals surface area (Å²) in [6.45, 7) is 0. The molecule has 0 atom stereocenters. The maximum absolute atomic E-state index is 9.62. The average molecular weight is 638 g/mol. The van der Waals surface area contributed by atoms with E-state index in [1.165, 1.54) is 18.2 Å². The van der Waals surface area contributed by atoms with E-state index in [4.69, 9.17) is 23.1 Å². The van der Waals surface area contributed by atoms with Crippen LogP contribution < -0.4 is 0 Å². The lowest BCUT2D eigenvalue weighted by Crippen LogP contribution is -2.00. The molecule has 4 heteroatoms. The molecule has 0 unspecified atom stereocenters. The van der Waals surface area contributed by atoms with Crippen molar-refractivity contribution < 1.29 is 20.9 Å². The lowest BCUT2D eigenvalue weighted by Gasteiger charge is -2.12. The third kappa shape index (κ3) is 4.57. The molecule has 0 aliphatic carbocycles. The molecular weight excluding hydrogens is 599 g/mol. The van der Waals surface area contributed by atoms with Crippen molar-refractivity contribution in [3.8, 4) is 45.3 Å². The number of fused-ring (bicyclic) bond motifs is 9. The molecular formula is C45H27N3O. The van der Waals surface area contributed by atoms with Gasteiger partial charge in [0.2, 0.25) is 0 Å². The van der Waals surface area contributed by atoms with E-state index in [1.807, 2.05) is 24.3 Å². The smallest absolute Gasteiger partial charge is 0.164 e. The second-order valence-electron chi connectivity index (χ2n) is 11.5. The van der Waals surface area contributed by atoms with Crippen molar-refractivity contribution in [3.05, 3.63) is 164 Å². The van der Waals surface area contributed by atoms with E-state index in [0.29, 0.717) is 60.2 Å². The van der Waals surface area contributed by atoms with E-state index in [9.17, 15) is 2.74 Å². The van der Waals surface area contributed by atoms with E-state index >= 15 is 0 Å². The molecule has 2 heterocycles. The van der Waals surface area contributed by atoms with Crippen molar-refractivity contribution in [1.82, 2.24) is 15.0 Å². The Hall–Kier alpha value is -6.65. The molecule has 0 saturated carbocycles. The minimum Gasteiger partial charge on any atom is -0.456 e. The van der Waals surface area contributed by atoms with Crippen LogP contribution in [0.3, 0.4) is 0 Å². The molecule has 0 aliphatic heterocycles. The van der Waals surface area contributed by atoms with E-state index in [1.54, 1.807) is 48.5 Å². The van der Waals surface area contributed by atoms with Crippen LogP contribution in [0.4, 0.5) is 0 Å². The van der Waals surface area contributed by atoms with Crippen LogP contribution in [0.25, 0.3) is 99.5 Å². The van der Waals surface area contributed by atoms with Crippen molar-refractivity contribution in [2.45, 2.75) is 0 Å². The molecule has 0 radical (unpaired) electrons. The van der Waals surface area contributed by atoms with Gasteiger partial charge in [-0.15, -0.1) is 0 Å². The monoisotopic (exact) mass is 637 g/mol. The number of rotatable bonds is 4. The summed E-state index contributed by atoms with van der Waals surface area (Å²) in [6, 6.07) is 22.2. The Kier molecular flexibility index (Phi) is 4.04. The quantitative estimate of drug-likeness (QED) is 0.180. The zero-order chi connectivity index (χ0) is 42.8. The van der Waals surface area contributed by atoms with Gasteiger partial charge >= 0.3 is 0 Å². The zero-order valence-electron chi connectivity index (χ0n) is 37.4. The Labute approximate surface area is 298 Å². The Morgan fingerprint density at radius 3 is 1.78 bits per heavy atom. The van der Waals surface area contributed by atoms with Gasteiger partial charge in [0.25, 0.3) is 0 Å². The van der Waals surface area contributed by atoms with Crippen molar-refractivity contribution >= 4 is 54.3 Å². The average Bonchev–Trinajstić information content (AvgIpc) is 3.62. The first-order chi connectivity index (χ1) is 29.2. The summed E-state index contributed by atoms with van der Waals surface area (Å²) in [5.74, 6) is 0.290. The van der Waals surface area contributed by atoms with Gasteiger partial charge in [-0.3, -0.25) is 0 Å². The van der Waals surface area contributed by atoms with Crippen molar-refractivity contribution in [2.75, 3.05) is 0 Å². The van der Waals surface area contributed by atoms with Crippen molar-refractivity contribution in [2.24, 2.45) is 0 Å². The summed E-state index contributed by atoms with van der Waals surface area (Å²) in [4.78, 5) is 14.0. The highest BCUT2D eigenvalue weighted by Gasteiger charge is 2.16. The molecule has 0 spiro atoms. The fourth-order valence-electron chi connectivity index (χ4n) is 6.34. The first-order valence-electron chi connectivity index (χ1n) is 21.4. The second-order valence-corrected chi connectivity index (χ2v) is 11.5. The minimum absolute atomic E-state index is 0.000939. The minimum atomic E-state index is -0.537. The van der Waals surface area contributed by atoms with Gasteiger partial charge in [-0.25, -0.2) is 15.0 Å². The summed E-state index contributed by atoms with van der Waals surface area (Å²) >= 11 is 0. The summed E-state index contributed by atoms with van der Waals surface area (Å²) in [6.07, 6.45) is 0. The van der Waals surface area contributed by atoms with Crippen LogP contribution in [0, 0.1) is 0 Å². The van der Waals surface area contributed by atoms with Gasteiger partial charge in [0, 0.05) is 27.5 Å². The first-order valence-corrected chi connectivity index (χ1v) is 15.4. The number of aromatic nitrogens is 3. The van der Waals surface area contributed by atoms with Gasteiger partial charge in [0.15, 0.2) is 17.5 Å². The number of hydrogen-bond donors (Lipinski definition) is 0. The van der Waals surface area contributed by atoms with E-state index in [2.05, 4.69) is 9.97 Å². The second kappa shape index (κ2) is 11.0. The predicted molar refractivity (Wildman–Crippen MR) is 201 cm³/mol. The highest BCUT2D eigenvalue weighted by Crippen LogP contribution is 2.39. The Morgan fingerprint density at radius 1 is 0.367 bits per heavy atom. The van der Waals surface area contributed by atoms with E-state index < -0.39 is 30.2 Å². The molecule has 0 saturated heterocycles. The van der Waals surface area contributed by atoms with Gasteiger partial charge in [-0.2, -0.15) is 0 Å². The zero-order valence-corrected chi connectivity index (χ0v) is 25.4. The van der Waals surface area contributed by atoms with Gasteiger partial charge in [-0.05, 0) is 79.8 Å². The fourth-order valence-corrected chi connectivity index (χ4v) is 6.34. The van der Waals surface area contributed by atoms with Crippen LogP contribution in [-0.2, 0) is 0 Å². The van der Waals surface area contributed by atoms with Crippen LogP contribution in [0.5, 0.6) is 0 Å². The molecule has 0 N–H and O–H groups in total. The van der Waals surface area contributed by atoms with Gasteiger partial charge in [0.1, 0.15) is 11.2 Å². The molecule has 8 aromatic carbocycles. The van der Waals surface area contributed by atoms with Crippen LogP contribution in [0.15, 0.2) is 168 Å². The SMILES string of the molecule is [2H]c1cc2c(cc1[2H])c1c([2H])c([2H])cc([2H])c1c1c([2H])c(-c3ccc4oc5ccc(-c6nc(-c7ccccc7)nc(-c7c([2H])c([2H])c([2H])c([2H])c7[2H])n6)cc5c4c3)c([2H])cc21. The number of hydrogen-bond acceptors (Lipinski definition) is 4. The van der Waals surface area contributed by atoms with E-state index in [-0.39, 0.29) is 81.7 Å². The maximum Gasteiger partial charge on any atom is 0.164 e. The first kappa shape index (κ1) is 18.0. The number of furan rings is 1. The Bertz CT molecular complexity index is 3550. The Balaban J connectivity index is 1.19. The maximum atomic E-state index is 9.62. The third-order valence-corrected chi connectivity index (χ3v) is 8.64. The lowest BCUT2D eigenvalue weighted by atomic mass is 9.92. The van der Waals surface area contributed by atoms with Crippen LogP contribution >= 0.6 is 0 Å². The fraction of sp³-hybridized carbons (Fsp3) is 0. The topological polar surface area (TPSA) is 51.8 Å². The van der Waals surface area contributed by atoms with Gasteiger partial charge in [-0.1, -0.05) is 127 Å². The van der Waals surface area contributed by atoms with Crippen molar-refractivity contribution in [3.63, 3.8) is 0 Å². The van der Waals surface area contributed by atoms with Crippen LogP contribution in [-0.4, -0.2) is 15.0 Å². The number of nitrogens with zero attached hydrogens (tertiary/aromatic N) is 3. The van der Waals surface area contributed by atoms with Crippen LogP contribution in [0.1, 0.15) is 16.4 Å². The normalized spacial score (nSPS) is 15.1. The molecule has 10 aromatic rings. The molecule has 10 rings (SSSR count). The predicted octanol–water partition coefficient (Wildman–Crippen LogP) is 11.9. The Morgan fingerprint density at radius 2 is 1.00 bits per heavy atom. The highest BCUT2D eigenvalue weighted by molar-refractivity contribution is 6.25. The molecule has 49 heavy (non-hydrogen) atoms. The van der Waals surface area contributed by atoms with E-state index in [0.717, 1.165) is 0 Å². The largest absolute Gasteiger partial charge is 0.456 e. The standard InChI is InChI=1S/C45H27N3O/c1-3-11-28(12-4-1)43-46-44(29-13-5-2-6-14-29)48-45(47-43)32-21-24-42-40(27-32)39-26-31(20-23-41(39)49-42)30-19-22-37-35-17-8-7-15-33(35)34-16-9-10-18-36(34)38(37)25-30/h1-27H/i1D,3D,4D,7D,8D,9D,11D,12D,16D,18D,19D,25D. The van der Waals surface area contributed by atoms with Crippen molar-refractivity contribution in [1.29, 1.82) is 0 Å². The third-order valence-electron chi connectivity index (χ3n) is 8.64. The summed E-state index contributed by atoms with van der Waals surface area (Å²) in [5, 5.41) is 3.33. The molecule has 0 aliphatic rings. The molecule has 0 amide bonds. The summed E-state index contributed by atoms with van der Waals surface area (Å²) in [7, 11) is 0. The van der Waals surface area contributed by atoms with Gasteiger partial charge < -0.3 is 4.42 Å². The highest BCUT2D eigenvalue weighted by atomic mass is 16.3. The summed E-state index contributed by atoms with van der Waals surface area (Å²) < 4.78 is 110. The number of benzene rings is 8. The molecule has 0 fully saturated rings. The molecule has 228 valence electrons. The molecule has 4 nitrogen and oxygen atoms in total. The molecule has 2 aromatic heterocycles. The van der Waals surface area contributed by atoms with Crippen LogP contribution in [0.2, 0.25) is 0 Å². The summed E-state index contributed by atoms with van der Waals surface area (Å²) in [5.41, 5.74) is 2.73. The lowest BCUT2D eigenvalue weighted by molar-refractivity contribution is 0.669. The van der Waals surface area contributed by atoms with Gasteiger partial charge in [0.05, 0.1) is 16.4 Å². The molecule has 0 bridgehead atoms.